The minimum atomic E-state index is -5.20. The van der Waals surface area contributed by atoms with Crippen LogP contribution in [-0.2, 0) is 50.3 Å². The van der Waals surface area contributed by atoms with Gasteiger partial charge in [0, 0.05) is 75.2 Å². The first-order valence-corrected chi connectivity index (χ1v) is 35.8. The summed E-state index contributed by atoms with van der Waals surface area (Å²) in [6.07, 6.45) is 1.46. The number of rotatable bonds is 34. The van der Waals surface area contributed by atoms with Crippen molar-refractivity contribution in [3.63, 3.8) is 0 Å². The summed E-state index contributed by atoms with van der Waals surface area (Å²) in [7, 11) is -5.20. The lowest BCUT2D eigenvalue weighted by molar-refractivity contribution is -0.145. The van der Waals surface area contributed by atoms with Crippen LogP contribution in [0.2, 0.25) is 0 Å². The lowest BCUT2D eigenvalue weighted by Gasteiger charge is -2.36. The van der Waals surface area contributed by atoms with E-state index in [1.165, 1.54) is 50.0 Å². The third-order valence-corrected chi connectivity index (χ3v) is 20.6. The first kappa shape index (κ1) is 76.4. The highest BCUT2D eigenvalue weighted by atomic mass is 32.3. The zero-order chi connectivity index (χ0) is 70.1. The number of hydrogen-bond acceptors (Lipinski definition) is 25. The van der Waals surface area contributed by atoms with Crippen LogP contribution >= 0.6 is 11.3 Å². The molecular formula is C64H97N11O20S2. The summed E-state index contributed by atoms with van der Waals surface area (Å²) >= 11 is 1.56. The van der Waals surface area contributed by atoms with Gasteiger partial charge in [-0.2, -0.15) is 8.42 Å². The van der Waals surface area contributed by atoms with Gasteiger partial charge in [0.15, 0.2) is 11.5 Å². The Morgan fingerprint density at radius 1 is 0.784 bits per heavy atom. The van der Waals surface area contributed by atoms with Crippen LogP contribution in [0.5, 0.6) is 11.5 Å². The Morgan fingerprint density at radius 3 is 2.10 bits per heavy atom. The fraction of sp³-hybridized carbons (Fsp3) is 0.688. The van der Waals surface area contributed by atoms with Crippen LogP contribution < -0.4 is 41.0 Å². The summed E-state index contributed by atoms with van der Waals surface area (Å²) in [5, 5.41) is 123. The molecular weight excluding hydrogens is 1310 g/mol. The number of phenols is 1. The number of aliphatic hydroxyl groups excluding tert-OH is 8. The molecule has 3 saturated heterocycles. The Labute approximate surface area is 568 Å². The molecule has 4 heterocycles. The molecule has 1 aromatic heterocycles. The highest BCUT2D eigenvalue weighted by molar-refractivity contribution is 7.81. The van der Waals surface area contributed by atoms with E-state index < -0.39 is 163 Å². The van der Waals surface area contributed by atoms with Crippen molar-refractivity contribution in [1.29, 1.82) is 0 Å². The maximum Gasteiger partial charge on any atom is 0.446 e. The summed E-state index contributed by atoms with van der Waals surface area (Å²) in [5.41, 5.74) is 2.08. The van der Waals surface area contributed by atoms with Gasteiger partial charge in [-0.05, 0) is 132 Å². The van der Waals surface area contributed by atoms with E-state index in [4.69, 9.17) is 4.74 Å². The maximum absolute atomic E-state index is 14.7. The molecule has 33 heteroatoms. The largest absolute Gasteiger partial charge is 0.504 e. The number of β-amino-alcohol motifs (C(OH)–C–C–N with tert-alkyl or cyclic N) is 2. The molecule has 0 radical (unpaired) electrons. The topological polar surface area (TPSA) is 465 Å². The molecule has 31 nitrogen and oxygen atoms in total. The van der Waals surface area contributed by atoms with Gasteiger partial charge >= 0.3 is 10.4 Å². The van der Waals surface area contributed by atoms with Crippen LogP contribution in [-0.4, -0.2) is 266 Å². The summed E-state index contributed by atoms with van der Waals surface area (Å²) in [6.45, 7) is 2.94. The van der Waals surface area contributed by atoms with Gasteiger partial charge in [0.2, 0.25) is 35.9 Å². The first-order valence-electron chi connectivity index (χ1n) is 33.6. The number of nitrogens with zero attached hydrogens (tertiary/aromatic N) is 5. The SMILES string of the molecule is C[C@@H](O)[C@H](NC(=O)[C@H](C[C@@H](O)CNC=O)NCC1CCC(c2nnc(-c3ccc(N4CCC(OC5CCCCC5)CC4)cc3)s2)CC1)C(=O)N1C[C@H](O)C[C@H]1C(=O)N[C@H](C(=O)N[C@H](C(=O)N1C[C@@H](O)[C@@H](C)C1)[C@H](O)CCNC(CO)CO)[C@H](O)Cc1ccc(O)c(OS(=O)(=O)O)c1. The van der Waals surface area contributed by atoms with E-state index in [1.54, 1.807) is 18.3 Å². The highest BCUT2D eigenvalue weighted by Gasteiger charge is 2.46. The Balaban J connectivity index is 0.922. The fourth-order valence-corrected chi connectivity index (χ4v) is 14.8. The van der Waals surface area contributed by atoms with Crippen molar-refractivity contribution in [3.8, 4) is 22.1 Å². The zero-order valence-corrected chi connectivity index (χ0v) is 56.4. The van der Waals surface area contributed by atoms with Gasteiger partial charge in [0.1, 0.15) is 34.2 Å². The molecule has 0 spiro atoms. The normalized spacial score (nSPS) is 23.8. The van der Waals surface area contributed by atoms with Crippen LogP contribution in [0.3, 0.4) is 0 Å². The van der Waals surface area contributed by atoms with Gasteiger partial charge < -0.3 is 101 Å². The van der Waals surface area contributed by atoms with E-state index in [9.17, 15) is 87.7 Å². The number of amides is 6. The molecule has 2 aromatic carbocycles. The Kier molecular flexibility index (Phi) is 28.5. The quantitative estimate of drug-likeness (QED) is 0.0229. The van der Waals surface area contributed by atoms with E-state index in [2.05, 4.69) is 75.4 Å². The molecule has 540 valence electrons. The molecule has 3 aliphatic heterocycles. The number of benzene rings is 2. The molecule has 2 saturated carbocycles. The molecule has 5 aliphatic rings. The molecule has 6 amide bonds. The summed E-state index contributed by atoms with van der Waals surface area (Å²) in [6, 6.07) is 1.92. The second kappa shape index (κ2) is 36.2. The van der Waals surface area contributed by atoms with Crippen molar-refractivity contribution in [2.45, 2.75) is 201 Å². The number of nitrogens with one attached hydrogen (secondary N) is 6. The number of carbonyl (C=O) groups excluding carboxylic acids is 6. The van der Waals surface area contributed by atoms with Crippen LogP contribution in [0.25, 0.3) is 10.6 Å². The van der Waals surface area contributed by atoms with Crippen LogP contribution in [0, 0.1) is 11.8 Å². The number of likely N-dealkylation sites (tertiary alicyclic amines) is 2. The van der Waals surface area contributed by atoms with Gasteiger partial charge in [-0.25, -0.2) is 0 Å². The lowest BCUT2D eigenvalue weighted by atomic mass is 9.82. The Bertz CT molecular complexity index is 3160. The highest BCUT2D eigenvalue weighted by Crippen LogP contribution is 2.39. The number of anilines is 1. The second-order valence-electron chi connectivity index (χ2n) is 26.5. The minimum Gasteiger partial charge on any atom is -0.504 e. The van der Waals surface area contributed by atoms with Crippen molar-refractivity contribution in [2.75, 3.05) is 70.5 Å². The van der Waals surface area contributed by atoms with E-state index in [0.717, 1.165) is 89.9 Å². The van der Waals surface area contributed by atoms with Crippen LogP contribution in [0.4, 0.5) is 5.69 Å². The lowest BCUT2D eigenvalue weighted by Crippen LogP contribution is -2.63. The molecule has 16 N–H and O–H groups in total. The van der Waals surface area contributed by atoms with Crippen molar-refractivity contribution in [3.05, 3.63) is 53.0 Å². The number of aromatic nitrogens is 2. The van der Waals surface area contributed by atoms with E-state index in [1.807, 2.05) is 0 Å². The molecule has 5 fully saturated rings. The van der Waals surface area contributed by atoms with E-state index in [0.29, 0.717) is 25.2 Å². The average molecular weight is 1400 g/mol. The van der Waals surface area contributed by atoms with Crippen LogP contribution in [0.15, 0.2) is 42.5 Å². The molecule has 8 rings (SSSR count). The van der Waals surface area contributed by atoms with Gasteiger partial charge in [0.25, 0.3) is 0 Å². The molecule has 97 heavy (non-hydrogen) atoms. The number of hydrogen-bond donors (Lipinski definition) is 16. The first-order chi connectivity index (χ1) is 46.3. The van der Waals surface area contributed by atoms with Gasteiger partial charge in [0.05, 0.1) is 74.1 Å². The number of aromatic hydroxyl groups is 1. The van der Waals surface area contributed by atoms with Crippen molar-refractivity contribution < 1.29 is 96.6 Å². The number of ether oxygens (including phenoxy) is 1. The second-order valence-corrected chi connectivity index (χ2v) is 28.5. The van der Waals surface area contributed by atoms with Crippen molar-refractivity contribution in [1.82, 2.24) is 51.9 Å². The number of carbonyl (C=O) groups is 6. The van der Waals surface area contributed by atoms with Crippen molar-refractivity contribution >= 4 is 63.4 Å². The number of phenolic OH excluding ortho intramolecular Hbond substituents is 1. The Hall–Kier alpha value is -6.31. The third kappa shape index (κ3) is 21.8. The average Bonchev–Trinajstić information content (AvgIpc) is 1.79. The van der Waals surface area contributed by atoms with Gasteiger partial charge in [-0.1, -0.05) is 43.6 Å². The minimum absolute atomic E-state index is 0.00467. The Morgan fingerprint density at radius 2 is 1.46 bits per heavy atom. The molecule has 2 aliphatic carbocycles. The van der Waals surface area contributed by atoms with Crippen molar-refractivity contribution in [2.24, 2.45) is 11.8 Å². The zero-order valence-electron chi connectivity index (χ0n) is 54.7. The smallest absolute Gasteiger partial charge is 0.446 e. The third-order valence-electron chi connectivity index (χ3n) is 19.1. The van der Waals surface area contributed by atoms with E-state index in [-0.39, 0.29) is 56.4 Å². The molecule has 12 atom stereocenters. The predicted molar refractivity (Wildman–Crippen MR) is 352 cm³/mol. The van der Waals surface area contributed by atoms with E-state index >= 15 is 0 Å². The summed E-state index contributed by atoms with van der Waals surface area (Å²) < 4.78 is 43.5. The fourth-order valence-electron chi connectivity index (χ4n) is 13.4. The summed E-state index contributed by atoms with van der Waals surface area (Å²) in [5.74, 6) is -7.11. The number of piperidine rings is 1. The summed E-state index contributed by atoms with van der Waals surface area (Å²) in [4.78, 5) is 88.3. The maximum atomic E-state index is 14.7. The van der Waals surface area contributed by atoms with Gasteiger partial charge in [-0.15, -0.1) is 10.2 Å². The molecule has 3 aromatic rings. The molecule has 0 bridgehead atoms. The monoisotopic (exact) mass is 1400 g/mol. The van der Waals surface area contributed by atoms with Crippen LogP contribution in [0.1, 0.15) is 120 Å². The molecule has 0 unspecified atom stereocenters. The standard InChI is InChI=1S/C64H97N11O20S2/c1-36-30-74(32-53(36)85)63(89)57(51(83)18-21-66-42(33-76)34-77)70-60(88)56(52(84)24-39-10-17-50(82)54(25-39)95-97(91,92)93)69-59(87)49-27-45(81)31-75(49)64(90)55(37(2)79)68-58(86)48(26-44(80)29-65-35-78)67-28-38-8-11-40(12-9-38)61-71-72-62(96-61)41-13-15-43(16-14-41)73-22-19-47(20-23-73)94-46-6-4-3-5-7-46/h10,13-17,25,35-38,40,42,44-49,51-53,55-57,66-67,76-77,79-85H,3-9,11-12,18-24,26-34H2,1-2H3,(H,65,78)(H,68,86)(H,69,87)(H,70,88)(H,91,92,93)/t36-,37+,38?,40?,44+,45+,48-,49-,51+,52+,53+,55-,56-,57-/m0/s1. The predicted octanol–water partition coefficient (Wildman–Crippen LogP) is -1.93. The van der Waals surface area contributed by atoms with Gasteiger partial charge in [-0.3, -0.25) is 33.3 Å². The number of aliphatic hydroxyl groups is 8.